The van der Waals surface area contributed by atoms with Crippen molar-refractivity contribution in [1.82, 2.24) is 15.3 Å². The highest BCUT2D eigenvalue weighted by atomic mass is 32.1. The second-order valence-corrected chi connectivity index (χ2v) is 4.96. The molecule has 2 heterocycles. The smallest absolute Gasteiger partial charge is 0.115 e. The van der Waals surface area contributed by atoms with Gasteiger partial charge in [-0.25, -0.2) is 9.97 Å². The van der Waals surface area contributed by atoms with Crippen molar-refractivity contribution in [1.29, 1.82) is 0 Å². The number of rotatable bonds is 6. The van der Waals surface area contributed by atoms with Crippen molar-refractivity contribution in [3.63, 3.8) is 0 Å². The van der Waals surface area contributed by atoms with E-state index in [2.05, 4.69) is 39.7 Å². The molecule has 0 aliphatic carbocycles. The summed E-state index contributed by atoms with van der Waals surface area (Å²) in [4.78, 5) is 9.45. The zero-order valence-electron chi connectivity index (χ0n) is 9.97. The molecule has 1 atom stereocenters. The summed E-state index contributed by atoms with van der Waals surface area (Å²) in [5.41, 5.74) is 1.13. The van der Waals surface area contributed by atoms with Gasteiger partial charge in [0.25, 0.3) is 0 Å². The average Bonchev–Trinajstić information content (AvgIpc) is 2.89. The van der Waals surface area contributed by atoms with E-state index < -0.39 is 0 Å². The Bertz CT molecular complexity index is 413. The number of thiophene rings is 1. The lowest BCUT2D eigenvalue weighted by molar-refractivity contribution is 0.499. The molecule has 1 unspecified atom stereocenters. The molecule has 17 heavy (non-hydrogen) atoms. The Morgan fingerprint density at radius 3 is 2.82 bits per heavy atom. The third-order valence-corrected chi connectivity index (χ3v) is 3.62. The molecule has 0 saturated heterocycles. The van der Waals surface area contributed by atoms with Crippen LogP contribution in [-0.2, 0) is 6.54 Å². The van der Waals surface area contributed by atoms with Gasteiger partial charge >= 0.3 is 0 Å². The highest BCUT2D eigenvalue weighted by molar-refractivity contribution is 7.10. The van der Waals surface area contributed by atoms with Gasteiger partial charge in [-0.2, -0.15) is 0 Å². The van der Waals surface area contributed by atoms with Crippen LogP contribution < -0.4 is 5.32 Å². The first kappa shape index (κ1) is 12.2. The van der Waals surface area contributed by atoms with Crippen LogP contribution in [0, 0.1) is 0 Å². The van der Waals surface area contributed by atoms with Crippen LogP contribution in [-0.4, -0.2) is 9.97 Å². The molecule has 0 aliphatic heterocycles. The summed E-state index contributed by atoms with van der Waals surface area (Å²) in [5.74, 6) is 0. The molecule has 3 nitrogen and oxygen atoms in total. The van der Waals surface area contributed by atoms with Gasteiger partial charge in [-0.3, -0.25) is 0 Å². The van der Waals surface area contributed by atoms with Gasteiger partial charge in [0.15, 0.2) is 0 Å². The largest absolute Gasteiger partial charge is 0.305 e. The number of nitrogens with zero attached hydrogens (tertiary/aromatic N) is 2. The third kappa shape index (κ3) is 3.61. The maximum atomic E-state index is 4.02. The zero-order valence-corrected chi connectivity index (χ0v) is 10.8. The van der Waals surface area contributed by atoms with E-state index in [-0.39, 0.29) is 0 Å². The van der Waals surface area contributed by atoms with Gasteiger partial charge in [0.1, 0.15) is 6.33 Å². The van der Waals surface area contributed by atoms with Crippen molar-refractivity contribution in [3.8, 4) is 0 Å². The van der Waals surface area contributed by atoms with E-state index >= 15 is 0 Å². The van der Waals surface area contributed by atoms with Gasteiger partial charge in [-0.1, -0.05) is 19.4 Å². The van der Waals surface area contributed by atoms with Crippen molar-refractivity contribution in [2.45, 2.75) is 32.4 Å². The number of nitrogens with one attached hydrogen (secondary N) is 1. The van der Waals surface area contributed by atoms with E-state index in [1.54, 1.807) is 6.33 Å². The molecular weight excluding hydrogens is 230 g/mol. The van der Waals surface area contributed by atoms with Crippen LogP contribution >= 0.6 is 11.3 Å². The van der Waals surface area contributed by atoms with Crippen LogP contribution in [0.2, 0.25) is 0 Å². The Morgan fingerprint density at radius 2 is 2.18 bits per heavy atom. The number of aromatic nitrogens is 2. The second kappa shape index (κ2) is 6.47. The molecule has 1 N–H and O–H groups in total. The topological polar surface area (TPSA) is 37.8 Å². The maximum Gasteiger partial charge on any atom is 0.115 e. The first-order chi connectivity index (χ1) is 8.40. The van der Waals surface area contributed by atoms with Crippen LogP contribution in [0.1, 0.15) is 36.2 Å². The van der Waals surface area contributed by atoms with Crippen molar-refractivity contribution in [2.24, 2.45) is 0 Å². The molecule has 0 spiro atoms. The predicted molar refractivity (Wildman–Crippen MR) is 70.8 cm³/mol. The van der Waals surface area contributed by atoms with Crippen LogP contribution in [0.25, 0.3) is 0 Å². The first-order valence-electron chi connectivity index (χ1n) is 5.91. The quantitative estimate of drug-likeness (QED) is 0.852. The molecule has 0 fully saturated rings. The van der Waals surface area contributed by atoms with E-state index in [1.807, 2.05) is 23.7 Å². The highest BCUT2D eigenvalue weighted by Crippen LogP contribution is 2.23. The monoisotopic (exact) mass is 247 g/mol. The third-order valence-electron chi connectivity index (χ3n) is 2.63. The SMILES string of the molecule is CCCC(NCc1cncnc1)c1cccs1. The fraction of sp³-hybridized carbons (Fsp3) is 0.385. The highest BCUT2D eigenvalue weighted by Gasteiger charge is 2.10. The molecular formula is C13H17N3S. The second-order valence-electron chi connectivity index (χ2n) is 3.98. The van der Waals surface area contributed by atoms with E-state index in [1.165, 1.54) is 11.3 Å². The summed E-state index contributed by atoms with van der Waals surface area (Å²) in [6, 6.07) is 4.75. The Balaban J connectivity index is 1.95. The van der Waals surface area contributed by atoms with Crippen molar-refractivity contribution < 1.29 is 0 Å². The van der Waals surface area contributed by atoms with E-state index in [4.69, 9.17) is 0 Å². The Morgan fingerprint density at radius 1 is 1.35 bits per heavy atom. The number of hydrogen-bond acceptors (Lipinski definition) is 4. The summed E-state index contributed by atoms with van der Waals surface area (Å²) < 4.78 is 0. The van der Waals surface area contributed by atoms with Crippen molar-refractivity contribution in [2.75, 3.05) is 0 Å². The van der Waals surface area contributed by atoms with Crippen LogP contribution in [0.15, 0.2) is 36.2 Å². The Hall–Kier alpha value is -1.26. The molecule has 0 aromatic carbocycles. The summed E-state index contributed by atoms with van der Waals surface area (Å²) >= 11 is 1.81. The fourth-order valence-electron chi connectivity index (χ4n) is 1.79. The van der Waals surface area contributed by atoms with Gasteiger partial charge in [-0.15, -0.1) is 11.3 Å². The maximum absolute atomic E-state index is 4.02. The van der Waals surface area contributed by atoms with E-state index in [0.717, 1.165) is 18.5 Å². The minimum atomic E-state index is 0.445. The predicted octanol–water partition coefficient (Wildman–Crippen LogP) is 3.17. The van der Waals surface area contributed by atoms with Crippen molar-refractivity contribution >= 4 is 11.3 Å². The van der Waals surface area contributed by atoms with E-state index in [0.29, 0.717) is 6.04 Å². The van der Waals surface area contributed by atoms with Crippen LogP contribution in [0.4, 0.5) is 0 Å². The molecule has 0 amide bonds. The van der Waals surface area contributed by atoms with Gasteiger partial charge in [0.05, 0.1) is 0 Å². The van der Waals surface area contributed by atoms with Crippen LogP contribution in [0.3, 0.4) is 0 Å². The lowest BCUT2D eigenvalue weighted by atomic mass is 10.1. The molecule has 0 saturated carbocycles. The molecule has 2 aromatic heterocycles. The molecule has 0 aliphatic rings. The first-order valence-corrected chi connectivity index (χ1v) is 6.78. The fourth-order valence-corrected chi connectivity index (χ4v) is 2.62. The summed E-state index contributed by atoms with van der Waals surface area (Å²) in [6.07, 6.45) is 7.62. The lowest BCUT2D eigenvalue weighted by Gasteiger charge is -2.16. The summed E-state index contributed by atoms with van der Waals surface area (Å²) in [5, 5.41) is 5.70. The normalized spacial score (nSPS) is 12.5. The van der Waals surface area contributed by atoms with Crippen molar-refractivity contribution in [3.05, 3.63) is 46.7 Å². The Labute approximate surface area is 106 Å². The Kier molecular flexibility index (Phi) is 4.64. The van der Waals surface area contributed by atoms with E-state index in [9.17, 15) is 0 Å². The molecule has 2 aromatic rings. The summed E-state index contributed by atoms with van der Waals surface area (Å²) in [6.45, 7) is 3.04. The molecule has 2 rings (SSSR count). The molecule has 90 valence electrons. The standard InChI is InChI=1S/C13H17N3S/c1-2-4-12(13-5-3-6-17-13)16-9-11-7-14-10-15-8-11/h3,5-8,10,12,16H,2,4,9H2,1H3. The summed E-state index contributed by atoms with van der Waals surface area (Å²) in [7, 11) is 0. The zero-order chi connectivity index (χ0) is 11.9. The molecule has 4 heteroatoms. The number of hydrogen-bond donors (Lipinski definition) is 1. The lowest BCUT2D eigenvalue weighted by Crippen LogP contribution is -2.20. The van der Waals surface area contributed by atoms with Gasteiger partial charge in [0.2, 0.25) is 0 Å². The van der Waals surface area contributed by atoms with Gasteiger partial charge in [-0.05, 0) is 17.9 Å². The molecule has 0 bridgehead atoms. The average molecular weight is 247 g/mol. The van der Waals surface area contributed by atoms with Gasteiger partial charge < -0.3 is 5.32 Å². The minimum absolute atomic E-state index is 0.445. The molecule has 0 radical (unpaired) electrons. The minimum Gasteiger partial charge on any atom is -0.305 e. The van der Waals surface area contributed by atoms with Crippen LogP contribution in [0.5, 0.6) is 0 Å². The van der Waals surface area contributed by atoms with Gasteiger partial charge in [0, 0.05) is 35.4 Å².